The second kappa shape index (κ2) is 10.7. The van der Waals surface area contributed by atoms with Gasteiger partial charge in [0.15, 0.2) is 0 Å². The van der Waals surface area contributed by atoms with Gasteiger partial charge in [0, 0.05) is 24.2 Å². The molecule has 1 aliphatic carbocycles. The third-order valence-corrected chi connectivity index (χ3v) is 7.41. The number of halogens is 1. The molecule has 2 nitrogen and oxygen atoms in total. The van der Waals surface area contributed by atoms with Crippen LogP contribution in [0.2, 0.25) is 0 Å². The standard InChI is InChI=1S/C28H35NO.ClH/c1-2-10-22(11-3-1)12-8-9-19-29-20-17-23(18-21-29)28-24-13-4-6-15-26(24)30-27-16-7-5-14-25(27)28;/h4-7,13-16,22H,1-3,8-12,17-21H2;1H. The highest BCUT2D eigenvalue weighted by Crippen LogP contribution is 2.46. The minimum Gasteiger partial charge on any atom is -0.456 e. The van der Waals surface area contributed by atoms with Crippen LogP contribution >= 0.6 is 12.4 Å². The van der Waals surface area contributed by atoms with Crippen LogP contribution in [0.4, 0.5) is 0 Å². The van der Waals surface area contributed by atoms with Crippen molar-refractivity contribution in [2.45, 2.75) is 64.2 Å². The molecule has 31 heavy (non-hydrogen) atoms. The van der Waals surface area contributed by atoms with E-state index in [0.29, 0.717) is 0 Å². The zero-order chi connectivity index (χ0) is 20.2. The Morgan fingerprint density at radius 1 is 0.774 bits per heavy atom. The van der Waals surface area contributed by atoms with Gasteiger partial charge < -0.3 is 9.64 Å². The predicted molar refractivity (Wildman–Crippen MR) is 132 cm³/mol. The van der Waals surface area contributed by atoms with Crippen molar-refractivity contribution >= 4 is 18.0 Å². The normalized spacial score (nSPS) is 19.2. The molecule has 0 amide bonds. The summed E-state index contributed by atoms with van der Waals surface area (Å²) in [5.41, 5.74) is 5.58. The first kappa shape index (κ1) is 22.4. The van der Waals surface area contributed by atoms with Gasteiger partial charge in [-0.2, -0.15) is 0 Å². The summed E-state index contributed by atoms with van der Waals surface area (Å²) < 4.78 is 6.19. The number of ether oxygens (including phenoxy) is 1. The molecule has 2 aliphatic heterocycles. The number of unbranched alkanes of at least 4 members (excludes halogenated alkanes) is 1. The highest BCUT2D eigenvalue weighted by Gasteiger charge is 2.26. The number of para-hydroxylation sites is 2. The van der Waals surface area contributed by atoms with Crippen LogP contribution in [0.5, 0.6) is 11.5 Å². The second-order valence-electron chi connectivity index (χ2n) is 9.41. The van der Waals surface area contributed by atoms with Crippen molar-refractivity contribution in [3.8, 4) is 11.5 Å². The topological polar surface area (TPSA) is 12.5 Å². The van der Waals surface area contributed by atoms with E-state index in [4.69, 9.17) is 4.74 Å². The Morgan fingerprint density at radius 2 is 1.39 bits per heavy atom. The van der Waals surface area contributed by atoms with Crippen molar-refractivity contribution < 1.29 is 4.74 Å². The Bertz CT molecular complexity index is 842. The maximum Gasteiger partial charge on any atom is 0.135 e. The van der Waals surface area contributed by atoms with Crippen LogP contribution in [-0.2, 0) is 0 Å². The number of nitrogens with zero attached hydrogens (tertiary/aromatic N) is 1. The molecule has 1 saturated heterocycles. The van der Waals surface area contributed by atoms with Crippen molar-refractivity contribution in [3.05, 3.63) is 65.2 Å². The fraction of sp³-hybridized carbons (Fsp3) is 0.500. The van der Waals surface area contributed by atoms with Crippen LogP contribution in [0.3, 0.4) is 0 Å². The molecule has 2 aromatic carbocycles. The van der Waals surface area contributed by atoms with E-state index >= 15 is 0 Å². The van der Waals surface area contributed by atoms with Crippen LogP contribution in [0.25, 0.3) is 5.57 Å². The quantitative estimate of drug-likeness (QED) is 0.376. The molecule has 0 radical (unpaired) electrons. The number of hydrogen-bond donors (Lipinski definition) is 0. The molecule has 0 aromatic heterocycles. The summed E-state index contributed by atoms with van der Waals surface area (Å²) in [7, 11) is 0. The Labute approximate surface area is 194 Å². The van der Waals surface area contributed by atoms with E-state index in [1.165, 1.54) is 101 Å². The molecular formula is C28H36ClNO. The summed E-state index contributed by atoms with van der Waals surface area (Å²) in [6, 6.07) is 17.1. The molecule has 0 bridgehead atoms. The van der Waals surface area contributed by atoms with Gasteiger partial charge in [-0.3, -0.25) is 0 Å². The van der Waals surface area contributed by atoms with Crippen molar-refractivity contribution in [2.75, 3.05) is 19.6 Å². The highest BCUT2D eigenvalue weighted by molar-refractivity contribution is 5.89. The van der Waals surface area contributed by atoms with Gasteiger partial charge in [-0.1, -0.05) is 86.9 Å². The number of piperidine rings is 1. The Hall–Kier alpha value is -1.77. The van der Waals surface area contributed by atoms with E-state index in [1.54, 1.807) is 5.57 Å². The van der Waals surface area contributed by atoms with Crippen LogP contribution in [-0.4, -0.2) is 24.5 Å². The van der Waals surface area contributed by atoms with Crippen molar-refractivity contribution in [1.82, 2.24) is 4.90 Å². The van der Waals surface area contributed by atoms with Gasteiger partial charge in [-0.15, -0.1) is 12.4 Å². The summed E-state index contributed by atoms with van der Waals surface area (Å²) in [6.45, 7) is 3.69. The van der Waals surface area contributed by atoms with E-state index in [0.717, 1.165) is 17.4 Å². The minimum atomic E-state index is 0. The average Bonchev–Trinajstić information content (AvgIpc) is 2.81. The molecule has 0 unspecified atom stereocenters. The zero-order valence-electron chi connectivity index (χ0n) is 18.7. The number of likely N-dealkylation sites (tertiary alicyclic amines) is 1. The number of fused-ring (bicyclic) bond motifs is 2. The van der Waals surface area contributed by atoms with Gasteiger partial charge in [0.25, 0.3) is 0 Å². The monoisotopic (exact) mass is 437 g/mol. The van der Waals surface area contributed by atoms with E-state index in [9.17, 15) is 0 Å². The van der Waals surface area contributed by atoms with E-state index in [2.05, 4.69) is 53.4 Å². The van der Waals surface area contributed by atoms with Crippen molar-refractivity contribution in [2.24, 2.45) is 5.92 Å². The van der Waals surface area contributed by atoms with Crippen LogP contribution in [0.1, 0.15) is 75.3 Å². The summed E-state index contributed by atoms with van der Waals surface area (Å²) >= 11 is 0. The minimum absolute atomic E-state index is 0. The molecule has 1 saturated carbocycles. The van der Waals surface area contributed by atoms with Crippen LogP contribution in [0.15, 0.2) is 54.1 Å². The highest BCUT2D eigenvalue weighted by atomic mass is 35.5. The van der Waals surface area contributed by atoms with Gasteiger partial charge in [-0.25, -0.2) is 0 Å². The summed E-state index contributed by atoms with van der Waals surface area (Å²) in [4.78, 5) is 2.70. The molecule has 3 aliphatic rings. The summed E-state index contributed by atoms with van der Waals surface area (Å²) in [6.07, 6.45) is 14.0. The molecule has 3 heteroatoms. The summed E-state index contributed by atoms with van der Waals surface area (Å²) in [5.74, 6) is 3.04. The third-order valence-electron chi connectivity index (χ3n) is 7.41. The van der Waals surface area contributed by atoms with E-state index < -0.39 is 0 Å². The first-order valence-corrected chi connectivity index (χ1v) is 12.2. The van der Waals surface area contributed by atoms with Gasteiger partial charge in [0.2, 0.25) is 0 Å². The largest absolute Gasteiger partial charge is 0.456 e. The van der Waals surface area contributed by atoms with Crippen molar-refractivity contribution in [3.63, 3.8) is 0 Å². The van der Waals surface area contributed by atoms with Crippen LogP contribution in [0, 0.1) is 5.92 Å². The maximum atomic E-state index is 6.19. The SMILES string of the molecule is Cl.c1ccc2c(c1)Oc1ccccc1C2=C1CCN(CCCCC2CCCCC2)CC1. The fourth-order valence-electron chi connectivity index (χ4n) is 5.71. The first-order valence-electron chi connectivity index (χ1n) is 12.2. The summed E-state index contributed by atoms with van der Waals surface area (Å²) in [5, 5.41) is 0. The number of benzene rings is 2. The predicted octanol–water partition coefficient (Wildman–Crippen LogP) is 7.86. The number of hydrogen-bond acceptors (Lipinski definition) is 2. The lowest BCUT2D eigenvalue weighted by molar-refractivity contribution is 0.244. The molecule has 2 aromatic rings. The molecule has 0 spiro atoms. The Kier molecular flexibility index (Phi) is 7.74. The zero-order valence-corrected chi connectivity index (χ0v) is 19.5. The second-order valence-corrected chi connectivity index (χ2v) is 9.41. The van der Waals surface area contributed by atoms with Crippen molar-refractivity contribution in [1.29, 1.82) is 0 Å². The molecule has 0 atom stereocenters. The molecular weight excluding hydrogens is 402 g/mol. The fourth-order valence-corrected chi connectivity index (χ4v) is 5.71. The third kappa shape index (κ3) is 5.18. The van der Waals surface area contributed by atoms with Gasteiger partial charge in [0.05, 0.1) is 0 Å². The smallest absolute Gasteiger partial charge is 0.135 e. The Balaban J connectivity index is 0.00000231. The van der Waals surface area contributed by atoms with Gasteiger partial charge in [0.1, 0.15) is 11.5 Å². The van der Waals surface area contributed by atoms with E-state index in [1.807, 2.05) is 0 Å². The lowest BCUT2D eigenvalue weighted by Crippen LogP contribution is -2.32. The lowest BCUT2D eigenvalue weighted by atomic mass is 9.85. The van der Waals surface area contributed by atoms with Crippen LogP contribution < -0.4 is 4.74 Å². The Morgan fingerprint density at radius 3 is 2.03 bits per heavy atom. The first-order chi connectivity index (χ1) is 14.9. The van der Waals surface area contributed by atoms with E-state index in [-0.39, 0.29) is 12.4 Å². The molecule has 2 heterocycles. The van der Waals surface area contributed by atoms with Gasteiger partial charge in [-0.05, 0) is 49.4 Å². The molecule has 0 N–H and O–H groups in total. The molecule has 2 fully saturated rings. The lowest BCUT2D eigenvalue weighted by Gasteiger charge is -2.32. The molecule has 5 rings (SSSR count). The molecule has 166 valence electrons. The number of rotatable bonds is 5. The van der Waals surface area contributed by atoms with Gasteiger partial charge >= 0.3 is 0 Å². The average molecular weight is 438 g/mol. The maximum absolute atomic E-state index is 6.19.